The lowest BCUT2D eigenvalue weighted by atomic mass is 10.0. The molecule has 1 aromatic heterocycles. The van der Waals surface area contributed by atoms with E-state index in [9.17, 15) is 5.11 Å². The molecule has 0 aliphatic carbocycles. The normalized spacial score (nSPS) is 27.2. The summed E-state index contributed by atoms with van der Waals surface area (Å²) >= 11 is 1.76. The second-order valence-electron chi connectivity index (χ2n) is 4.60. The second-order valence-corrected chi connectivity index (χ2v) is 5.55. The molecule has 0 aromatic carbocycles. The van der Waals surface area contributed by atoms with E-state index < -0.39 is 5.60 Å². The van der Waals surface area contributed by atoms with Crippen molar-refractivity contribution in [2.45, 2.75) is 31.9 Å². The van der Waals surface area contributed by atoms with Crippen molar-refractivity contribution < 1.29 is 9.84 Å². The van der Waals surface area contributed by atoms with Crippen LogP contribution >= 0.6 is 11.3 Å². The van der Waals surface area contributed by atoms with Gasteiger partial charge in [0.15, 0.2) is 0 Å². The first-order valence-electron chi connectivity index (χ1n) is 5.68. The molecule has 0 amide bonds. The van der Waals surface area contributed by atoms with E-state index in [2.05, 4.69) is 30.6 Å². The Kier molecular flexibility index (Phi) is 3.64. The van der Waals surface area contributed by atoms with E-state index in [1.165, 1.54) is 10.4 Å². The van der Waals surface area contributed by atoms with E-state index in [0.29, 0.717) is 25.8 Å². The molecule has 90 valence electrons. The lowest BCUT2D eigenvalue weighted by Crippen LogP contribution is -2.41. The quantitative estimate of drug-likeness (QED) is 0.845. The molecular weight excluding hydrogens is 222 g/mol. The van der Waals surface area contributed by atoms with Gasteiger partial charge in [0.25, 0.3) is 0 Å². The number of rotatable bonds is 4. The van der Waals surface area contributed by atoms with Crippen molar-refractivity contribution in [2.24, 2.45) is 0 Å². The van der Waals surface area contributed by atoms with Gasteiger partial charge in [-0.25, -0.2) is 0 Å². The fraction of sp³-hybridized carbons (Fsp3) is 0.667. The molecule has 0 radical (unpaired) electrons. The highest BCUT2D eigenvalue weighted by molar-refractivity contribution is 7.10. The Morgan fingerprint density at radius 1 is 1.69 bits per heavy atom. The van der Waals surface area contributed by atoms with Crippen molar-refractivity contribution in [1.29, 1.82) is 0 Å². The van der Waals surface area contributed by atoms with Crippen LogP contribution in [-0.4, -0.2) is 30.5 Å². The van der Waals surface area contributed by atoms with Crippen LogP contribution in [0.2, 0.25) is 0 Å². The maximum absolute atomic E-state index is 10.1. The van der Waals surface area contributed by atoms with Crippen molar-refractivity contribution in [3.05, 3.63) is 21.9 Å². The number of thiophene rings is 1. The SMILES string of the molecule is Cc1ccsc1[C@H](C)NC[C@@]1(O)CCOC1. The van der Waals surface area contributed by atoms with Gasteiger partial charge in [-0.1, -0.05) is 0 Å². The molecule has 3 nitrogen and oxygen atoms in total. The van der Waals surface area contributed by atoms with Gasteiger partial charge in [-0.05, 0) is 30.9 Å². The molecule has 2 atom stereocenters. The summed E-state index contributed by atoms with van der Waals surface area (Å²) in [4.78, 5) is 1.35. The third-order valence-electron chi connectivity index (χ3n) is 3.11. The molecule has 1 aliphatic heterocycles. The maximum atomic E-state index is 10.1. The third kappa shape index (κ3) is 2.63. The Labute approximate surface area is 100 Å². The van der Waals surface area contributed by atoms with Gasteiger partial charge >= 0.3 is 0 Å². The van der Waals surface area contributed by atoms with Crippen LogP contribution in [0, 0.1) is 6.92 Å². The summed E-state index contributed by atoms with van der Waals surface area (Å²) in [7, 11) is 0. The Balaban J connectivity index is 1.88. The summed E-state index contributed by atoms with van der Waals surface area (Å²) in [5, 5.41) is 15.6. The van der Waals surface area contributed by atoms with Gasteiger partial charge in [0.05, 0.1) is 6.61 Å². The zero-order valence-corrected chi connectivity index (χ0v) is 10.6. The third-order valence-corrected chi connectivity index (χ3v) is 4.32. The topological polar surface area (TPSA) is 41.5 Å². The standard InChI is InChI=1S/C12H19NO2S/c1-9-3-6-16-11(9)10(2)13-7-12(14)4-5-15-8-12/h3,6,10,13-14H,4-5,7-8H2,1-2H3/t10-,12-/m0/s1. The van der Waals surface area contributed by atoms with Gasteiger partial charge in [0.2, 0.25) is 0 Å². The van der Waals surface area contributed by atoms with Crippen molar-refractivity contribution >= 4 is 11.3 Å². The van der Waals surface area contributed by atoms with Crippen LogP contribution in [0.5, 0.6) is 0 Å². The maximum Gasteiger partial charge on any atom is 0.103 e. The summed E-state index contributed by atoms with van der Waals surface area (Å²) in [6, 6.07) is 2.43. The molecule has 2 rings (SSSR count). The van der Waals surface area contributed by atoms with Gasteiger partial charge in [0, 0.05) is 30.5 Å². The molecule has 1 fully saturated rings. The Morgan fingerprint density at radius 3 is 3.06 bits per heavy atom. The van der Waals surface area contributed by atoms with Crippen LogP contribution in [0.4, 0.5) is 0 Å². The molecule has 0 spiro atoms. The summed E-state index contributed by atoms with van der Waals surface area (Å²) in [6.07, 6.45) is 0.732. The number of nitrogens with one attached hydrogen (secondary N) is 1. The molecule has 0 saturated carbocycles. The molecule has 16 heavy (non-hydrogen) atoms. The minimum absolute atomic E-state index is 0.296. The molecule has 2 heterocycles. The molecule has 0 bridgehead atoms. The molecule has 1 aromatic rings. The van der Waals surface area contributed by atoms with Crippen molar-refractivity contribution in [2.75, 3.05) is 19.8 Å². The van der Waals surface area contributed by atoms with E-state index in [0.717, 1.165) is 6.42 Å². The monoisotopic (exact) mass is 241 g/mol. The van der Waals surface area contributed by atoms with Crippen LogP contribution in [0.1, 0.15) is 29.8 Å². The number of hydrogen-bond acceptors (Lipinski definition) is 4. The lowest BCUT2D eigenvalue weighted by molar-refractivity contribution is 0.0252. The highest BCUT2D eigenvalue weighted by Gasteiger charge is 2.32. The summed E-state index contributed by atoms with van der Waals surface area (Å²) in [6.45, 7) is 5.99. The van der Waals surface area contributed by atoms with Crippen LogP contribution in [0.3, 0.4) is 0 Å². The zero-order chi connectivity index (χ0) is 11.6. The van der Waals surface area contributed by atoms with Gasteiger partial charge < -0.3 is 15.2 Å². The van der Waals surface area contributed by atoms with Gasteiger partial charge in [-0.15, -0.1) is 11.3 Å². The highest BCUT2D eigenvalue weighted by atomic mass is 32.1. The van der Waals surface area contributed by atoms with Crippen molar-refractivity contribution in [3.8, 4) is 0 Å². The first-order valence-corrected chi connectivity index (χ1v) is 6.56. The number of hydrogen-bond donors (Lipinski definition) is 2. The van der Waals surface area contributed by atoms with Gasteiger partial charge in [0.1, 0.15) is 5.60 Å². The predicted octanol–water partition coefficient (Wildman–Crippen LogP) is 1.86. The largest absolute Gasteiger partial charge is 0.386 e. The van der Waals surface area contributed by atoms with Crippen LogP contribution < -0.4 is 5.32 Å². The van der Waals surface area contributed by atoms with Crippen LogP contribution in [-0.2, 0) is 4.74 Å². The van der Waals surface area contributed by atoms with Crippen LogP contribution in [0.25, 0.3) is 0 Å². The molecule has 2 N–H and O–H groups in total. The average Bonchev–Trinajstić information content (AvgIpc) is 2.85. The molecule has 1 aliphatic rings. The van der Waals surface area contributed by atoms with Crippen molar-refractivity contribution in [1.82, 2.24) is 5.32 Å². The Bertz CT molecular complexity index is 345. The fourth-order valence-corrected chi connectivity index (χ4v) is 2.96. The minimum Gasteiger partial charge on any atom is -0.386 e. The van der Waals surface area contributed by atoms with Gasteiger partial charge in [-0.3, -0.25) is 0 Å². The minimum atomic E-state index is -0.667. The van der Waals surface area contributed by atoms with E-state index in [1.54, 1.807) is 11.3 Å². The Morgan fingerprint density at radius 2 is 2.50 bits per heavy atom. The summed E-state index contributed by atoms with van der Waals surface area (Å²) < 4.78 is 5.22. The Hall–Kier alpha value is -0.420. The molecule has 4 heteroatoms. The van der Waals surface area contributed by atoms with Gasteiger partial charge in [-0.2, -0.15) is 0 Å². The predicted molar refractivity (Wildman–Crippen MR) is 65.9 cm³/mol. The smallest absolute Gasteiger partial charge is 0.103 e. The molecule has 0 unspecified atom stereocenters. The number of aryl methyl sites for hydroxylation is 1. The van der Waals surface area contributed by atoms with E-state index >= 15 is 0 Å². The highest BCUT2D eigenvalue weighted by Crippen LogP contribution is 2.24. The number of aliphatic hydroxyl groups is 1. The van der Waals surface area contributed by atoms with E-state index in [1.807, 2.05) is 0 Å². The molecular formula is C12H19NO2S. The molecule has 1 saturated heterocycles. The van der Waals surface area contributed by atoms with Crippen LogP contribution in [0.15, 0.2) is 11.4 Å². The first kappa shape index (κ1) is 12.0. The number of ether oxygens (including phenoxy) is 1. The zero-order valence-electron chi connectivity index (χ0n) is 9.82. The van der Waals surface area contributed by atoms with Crippen molar-refractivity contribution in [3.63, 3.8) is 0 Å². The summed E-state index contributed by atoms with van der Waals surface area (Å²) in [5.74, 6) is 0. The average molecular weight is 241 g/mol. The lowest BCUT2D eigenvalue weighted by Gasteiger charge is -2.23. The van der Waals surface area contributed by atoms with E-state index in [-0.39, 0.29) is 0 Å². The van der Waals surface area contributed by atoms with E-state index in [4.69, 9.17) is 4.74 Å². The summed E-state index contributed by atoms with van der Waals surface area (Å²) in [5.41, 5.74) is 0.652. The first-order chi connectivity index (χ1) is 7.61. The fourth-order valence-electron chi connectivity index (χ4n) is 2.00. The second kappa shape index (κ2) is 4.84.